The van der Waals surface area contributed by atoms with Gasteiger partial charge in [0.15, 0.2) is 5.13 Å². The van der Waals surface area contributed by atoms with Crippen molar-refractivity contribution in [2.24, 2.45) is 5.92 Å². The second kappa shape index (κ2) is 8.73. The van der Waals surface area contributed by atoms with Crippen LogP contribution in [-0.2, 0) is 16.1 Å². The Morgan fingerprint density at radius 2 is 2.17 bits per heavy atom. The van der Waals surface area contributed by atoms with Crippen LogP contribution in [0.2, 0.25) is 0 Å². The molecule has 0 atom stereocenters. The van der Waals surface area contributed by atoms with Crippen molar-refractivity contribution < 1.29 is 9.53 Å². The monoisotopic (exact) mass is 338 g/mol. The third kappa shape index (κ3) is 5.53. The number of morpholine rings is 1. The smallest absolute Gasteiger partial charge is 0.226 e. The van der Waals surface area contributed by atoms with Gasteiger partial charge in [-0.1, -0.05) is 0 Å². The van der Waals surface area contributed by atoms with Gasteiger partial charge in [-0.3, -0.25) is 9.69 Å². The van der Waals surface area contributed by atoms with E-state index < -0.39 is 0 Å². The lowest BCUT2D eigenvalue weighted by molar-refractivity contribution is -0.116. The molecule has 0 spiro atoms. The first kappa shape index (κ1) is 16.8. The lowest BCUT2D eigenvalue weighted by atomic mass is 9.93. The van der Waals surface area contributed by atoms with E-state index in [2.05, 4.69) is 20.5 Å². The SMILES string of the molecule is O=C(CCC1CCNCC1)Nc1nc(CN2CCOCC2)cs1. The Bertz CT molecular complexity index is 496. The van der Waals surface area contributed by atoms with E-state index in [-0.39, 0.29) is 5.91 Å². The highest BCUT2D eigenvalue weighted by Crippen LogP contribution is 2.20. The van der Waals surface area contributed by atoms with Gasteiger partial charge in [0.2, 0.25) is 5.91 Å². The van der Waals surface area contributed by atoms with E-state index in [9.17, 15) is 4.79 Å². The molecule has 7 heteroatoms. The van der Waals surface area contributed by atoms with Gasteiger partial charge in [-0.15, -0.1) is 11.3 Å². The molecule has 6 nitrogen and oxygen atoms in total. The number of rotatable bonds is 6. The average Bonchev–Trinajstić information content (AvgIpc) is 3.02. The minimum absolute atomic E-state index is 0.0933. The van der Waals surface area contributed by atoms with Gasteiger partial charge < -0.3 is 15.4 Å². The number of piperidine rings is 1. The summed E-state index contributed by atoms with van der Waals surface area (Å²) in [4.78, 5) is 18.9. The van der Waals surface area contributed by atoms with Crippen molar-refractivity contribution in [1.82, 2.24) is 15.2 Å². The van der Waals surface area contributed by atoms with Gasteiger partial charge in [0.25, 0.3) is 0 Å². The predicted octanol–water partition coefficient (Wildman–Crippen LogP) is 1.69. The summed E-state index contributed by atoms with van der Waals surface area (Å²) in [6.07, 6.45) is 3.96. The van der Waals surface area contributed by atoms with Gasteiger partial charge in [-0.25, -0.2) is 4.98 Å². The Balaban J connectivity index is 1.39. The zero-order valence-electron chi connectivity index (χ0n) is 13.6. The van der Waals surface area contributed by atoms with Crippen LogP contribution >= 0.6 is 11.3 Å². The number of anilines is 1. The zero-order valence-corrected chi connectivity index (χ0v) is 14.4. The Kier molecular flexibility index (Phi) is 6.38. The fourth-order valence-electron chi connectivity index (χ4n) is 3.11. The van der Waals surface area contributed by atoms with Gasteiger partial charge in [-0.05, 0) is 38.3 Å². The second-order valence-corrected chi connectivity index (χ2v) is 7.17. The molecule has 128 valence electrons. The van der Waals surface area contributed by atoms with E-state index in [1.165, 1.54) is 24.2 Å². The van der Waals surface area contributed by atoms with Gasteiger partial charge in [-0.2, -0.15) is 0 Å². The Labute approximate surface area is 141 Å². The normalized spacial score (nSPS) is 20.5. The summed E-state index contributed by atoms with van der Waals surface area (Å²) >= 11 is 1.52. The number of thiazole rings is 1. The maximum absolute atomic E-state index is 12.1. The summed E-state index contributed by atoms with van der Waals surface area (Å²) < 4.78 is 5.35. The Morgan fingerprint density at radius 3 is 2.96 bits per heavy atom. The second-order valence-electron chi connectivity index (χ2n) is 6.31. The number of carbonyl (C=O) groups excluding carboxylic acids is 1. The third-order valence-corrected chi connectivity index (χ3v) is 5.33. The first-order valence-corrected chi connectivity index (χ1v) is 9.42. The average molecular weight is 338 g/mol. The van der Waals surface area contributed by atoms with E-state index >= 15 is 0 Å². The molecular formula is C16H26N4O2S. The quantitative estimate of drug-likeness (QED) is 0.826. The van der Waals surface area contributed by atoms with Crippen molar-refractivity contribution in [1.29, 1.82) is 0 Å². The van der Waals surface area contributed by atoms with Crippen LogP contribution in [0.4, 0.5) is 5.13 Å². The zero-order chi connectivity index (χ0) is 15.9. The minimum Gasteiger partial charge on any atom is -0.379 e. The molecule has 2 aliphatic heterocycles. The summed E-state index contributed by atoms with van der Waals surface area (Å²) in [5.41, 5.74) is 1.03. The molecule has 2 aliphatic rings. The number of nitrogens with zero attached hydrogens (tertiary/aromatic N) is 2. The fourth-order valence-corrected chi connectivity index (χ4v) is 3.83. The molecule has 0 bridgehead atoms. The van der Waals surface area contributed by atoms with Crippen LogP contribution in [0.3, 0.4) is 0 Å². The van der Waals surface area contributed by atoms with E-state index in [0.29, 0.717) is 12.3 Å². The lowest BCUT2D eigenvalue weighted by Gasteiger charge is -2.25. The van der Waals surface area contributed by atoms with Crippen LogP contribution in [0.5, 0.6) is 0 Å². The van der Waals surface area contributed by atoms with E-state index in [0.717, 1.165) is 63.2 Å². The van der Waals surface area contributed by atoms with Crippen LogP contribution in [0.25, 0.3) is 0 Å². The predicted molar refractivity (Wildman–Crippen MR) is 91.7 cm³/mol. The molecular weight excluding hydrogens is 312 g/mol. The molecule has 2 N–H and O–H groups in total. The number of aromatic nitrogens is 1. The molecule has 0 aliphatic carbocycles. The largest absolute Gasteiger partial charge is 0.379 e. The van der Waals surface area contributed by atoms with Gasteiger partial charge in [0, 0.05) is 31.4 Å². The van der Waals surface area contributed by atoms with E-state index in [1.54, 1.807) is 0 Å². The van der Waals surface area contributed by atoms with E-state index in [4.69, 9.17) is 4.74 Å². The number of carbonyl (C=O) groups is 1. The number of nitrogens with one attached hydrogen (secondary N) is 2. The third-order valence-electron chi connectivity index (χ3n) is 4.53. The Hall–Kier alpha value is -1.02. The first-order chi connectivity index (χ1) is 11.3. The number of hydrogen-bond donors (Lipinski definition) is 2. The van der Waals surface area contributed by atoms with Crippen LogP contribution in [0.15, 0.2) is 5.38 Å². The molecule has 0 aromatic carbocycles. The molecule has 23 heavy (non-hydrogen) atoms. The standard InChI is InChI=1S/C16H26N4O2S/c21-15(2-1-13-3-5-17-6-4-13)19-16-18-14(12-23-16)11-20-7-9-22-10-8-20/h12-13,17H,1-11H2,(H,18,19,21). The molecule has 1 aromatic rings. The molecule has 0 radical (unpaired) electrons. The summed E-state index contributed by atoms with van der Waals surface area (Å²) in [7, 11) is 0. The summed E-state index contributed by atoms with van der Waals surface area (Å²) in [6.45, 7) is 6.51. The van der Waals surface area contributed by atoms with Gasteiger partial charge in [0.05, 0.1) is 18.9 Å². The minimum atomic E-state index is 0.0933. The highest BCUT2D eigenvalue weighted by atomic mass is 32.1. The highest BCUT2D eigenvalue weighted by Gasteiger charge is 2.16. The van der Waals surface area contributed by atoms with Crippen LogP contribution in [0, 0.1) is 5.92 Å². The molecule has 0 saturated carbocycles. The molecule has 3 rings (SSSR count). The maximum atomic E-state index is 12.1. The van der Waals surface area contributed by atoms with Crippen molar-refractivity contribution in [3.63, 3.8) is 0 Å². The van der Waals surface area contributed by atoms with Crippen molar-refractivity contribution in [2.75, 3.05) is 44.7 Å². The molecule has 3 heterocycles. The molecule has 1 aromatic heterocycles. The van der Waals surface area contributed by atoms with Crippen LogP contribution < -0.4 is 10.6 Å². The number of ether oxygens (including phenoxy) is 1. The van der Waals surface area contributed by atoms with Crippen LogP contribution in [0.1, 0.15) is 31.4 Å². The van der Waals surface area contributed by atoms with Crippen molar-refractivity contribution >= 4 is 22.4 Å². The van der Waals surface area contributed by atoms with Crippen molar-refractivity contribution in [3.05, 3.63) is 11.1 Å². The first-order valence-electron chi connectivity index (χ1n) is 8.54. The molecule has 0 unspecified atom stereocenters. The van der Waals surface area contributed by atoms with Gasteiger partial charge in [0.1, 0.15) is 0 Å². The van der Waals surface area contributed by atoms with Crippen LogP contribution in [-0.4, -0.2) is 55.2 Å². The highest BCUT2D eigenvalue weighted by molar-refractivity contribution is 7.13. The molecule has 2 saturated heterocycles. The van der Waals surface area contributed by atoms with Crippen molar-refractivity contribution in [2.45, 2.75) is 32.2 Å². The maximum Gasteiger partial charge on any atom is 0.226 e. The molecule has 2 fully saturated rings. The summed E-state index contributed by atoms with van der Waals surface area (Å²) in [5.74, 6) is 0.783. The molecule has 1 amide bonds. The summed E-state index contributed by atoms with van der Waals surface area (Å²) in [5, 5.41) is 9.07. The summed E-state index contributed by atoms with van der Waals surface area (Å²) in [6, 6.07) is 0. The topological polar surface area (TPSA) is 66.5 Å². The van der Waals surface area contributed by atoms with Crippen molar-refractivity contribution in [3.8, 4) is 0 Å². The Morgan fingerprint density at radius 1 is 1.39 bits per heavy atom. The fraction of sp³-hybridized carbons (Fsp3) is 0.750. The lowest BCUT2D eigenvalue weighted by Crippen LogP contribution is -2.35. The van der Waals surface area contributed by atoms with E-state index in [1.807, 2.05) is 5.38 Å². The number of hydrogen-bond acceptors (Lipinski definition) is 6. The van der Waals surface area contributed by atoms with Gasteiger partial charge >= 0.3 is 0 Å². The number of amides is 1.